The zero-order valence-electron chi connectivity index (χ0n) is 11.8. The standard InChI is InChI=1S/C15H24O4/c1-18-14-7-6-12(10-15(14)19-2)9-13(11-17)5-3-4-8-16/h6-7,10,13,16-17H,3-5,8-9,11H2,1-2H3/t13-/m0/s1. The minimum atomic E-state index is 0.166. The number of aliphatic hydroxyl groups is 2. The smallest absolute Gasteiger partial charge is 0.160 e. The average molecular weight is 268 g/mol. The van der Waals surface area contributed by atoms with Crippen molar-refractivity contribution in [2.24, 2.45) is 5.92 Å². The number of hydrogen-bond acceptors (Lipinski definition) is 4. The molecule has 0 aromatic heterocycles. The third-order valence-corrected chi connectivity index (χ3v) is 3.25. The molecule has 4 heteroatoms. The van der Waals surface area contributed by atoms with E-state index < -0.39 is 0 Å². The highest BCUT2D eigenvalue weighted by Crippen LogP contribution is 2.29. The monoisotopic (exact) mass is 268 g/mol. The fourth-order valence-electron chi connectivity index (χ4n) is 2.14. The van der Waals surface area contributed by atoms with Gasteiger partial charge in [0.2, 0.25) is 0 Å². The van der Waals surface area contributed by atoms with Crippen molar-refractivity contribution >= 4 is 0 Å². The van der Waals surface area contributed by atoms with Crippen LogP contribution in [0.4, 0.5) is 0 Å². The molecule has 0 saturated carbocycles. The Balaban J connectivity index is 2.63. The van der Waals surface area contributed by atoms with Gasteiger partial charge in [-0.3, -0.25) is 0 Å². The lowest BCUT2D eigenvalue weighted by atomic mass is 9.94. The molecule has 0 aliphatic carbocycles. The highest BCUT2D eigenvalue weighted by molar-refractivity contribution is 5.42. The van der Waals surface area contributed by atoms with E-state index in [1.807, 2.05) is 18.2 Å². The summed E-state index contributed by atoms with van der Waals surface area (Å²) in [7, 11) is 3.23. The fourth-order valence-corrected chi connectivity index (χ4v) is 2.14. The molecule has 0 aliphatic rings. The van der Waals surface area contributed by atoms with Crippen LogP contribution in [0.5, 0.6) is 11.5 Å². The molecule has 1 atom stereocenters. The lowest BCUT2D eigenvalue weighted by molar-refractivity contribution is 0.209. The molecule has 0 saturated heterocycles. The molecule has 0 spiro atoms. The van der Waals surface area contributed by atoms with Crippen molar-refractivity contribution in [1.82, 2.24) is 0 Å². The first-order chi connectivity index (χ1) is 9.24. The van der Waals surface area contributed by atoms with Crippen LogP contribution in [-0.2, 0) is 6.42 Å². The quantitative estimate of drug-likeness (QED) is 0.673. The van der Waals surface area contributed by atoms with E-state index >= 15 is 0 Å². The molecule has 0 fully saturated rings. The van der Waals surface area contributed by atoms with Gasteiger partial charge in [-0.25, -0.2) is 0 Å². The predicted octanol–water partition coefficient (Wildman–Crippen LogP) is 2.02. The van der Waals surface area contributed by atoms with Crippen LogP contribution in [0, 0.1) is 5.92 Å². The van der Waals surface area contributed by atoms with E-state index in [1.54, 1.807) is 14.2 Å². The Hall–Kier alpha value is -1.26. The van der Waals surface area contributed by atoms with Crippen molar-refractivity contribution in [1.29, 1.82) is 0 Å². The van der Waals surface area contributed by atoms with Gasteiger partial charge in [-0.15, -0.1) is 0 Å². The van der Waals surface area contributed by atoms with E-state index in [9.17, 15) is 5.11 Å². The average Bonchev–Trinajstić information content (AvgIpc) is 2.46. The summed E-state index contributed by atoms with van der Waals surface area (Å²) in [6.45, 7) is 0.383. The van der Waals surface area contributed by atoms with Crippen LogP contribution in [0.3, 0.4) is 0 Å². The second kappa shape index (κ2) is 8.77. The minimum Gasteiger partial charge on any atom is -0.493 e. The lowest BCUT2D eigenvalue weighted by Gasteiger charge is -2.15. The molecular formula is C15H24O4. The van der Waals surface area contributed by atoms with Crippen molar-refractivity contribution in [3.63, 3.8) is 0 Å². The largest absolute Gasteiger partial charge is 0.493 e. The molecule has 0 unspecified atom stereocenters. The molecule has 0 bridgehead atoms. The summed E-state index contributed by atoms with van der Waals surface area (Å²) in [5.41, 5.74) is 1.13. The van der Waals surface area contributed by atoms with Crippen molar-refractivity contribution in [3.8, 4) is 11.5 Å². The summed E-state index contributed by atoms with van der Waals surface area (Å²) in [6, 6.07) is 5.83. The third kappa shape index (κ3) is 5.09. The van der Waals surface area contributed by atoms with Gasteiger partial charge in [0.25, 0.3) is 0 Å². The Morgan fingerprint density at radius 1 is 1.05 bits per heavy atom. The fraction of sp³-hybridized carbons (Fsp3) is 0.600. The summed E-state index contributed by atoms with van der Waals surface area (Å²) in [6.07, 6.45) is 3.46. The Morgan fingerprint density at radius 2 is 1.79 bits per heavy atom. The van der Waals surface area contributed by atoms with Gasteiger partial charge < -0.3 is 19.7 Å². The summed E-state index contributed by atoms with van der Waals surface area (Å²) in [5, 5.41) is 18.2. The van der Waals surface area contributed by atoms with Gasteiger partial charge in [-0.1, -0.05) is 12.5 Å². The van der Waals surface area contributed by atoms with E-state index in [1.165, 1.54) is 0 Å². The molecule has 1 aromatic carbocycles. The van der Waals surface area contributed by atoms with Crippen molar-refractivity contribution in [2.45, 2.75) is 25.7 Å². The first-order valence-corrected chi connectivity index (χ1v) is 6.67. The Bertz CT molecular complexity index is 365. The van der Waals surface area contributed by atoms with Gasteiger partial charge in [0.1, 0.15) is 0 Å². The van der Waals surface area contributed by atoms with Crippen LogP contribution in [0.15, 0.2) is 18.2 Å². The minimum absolute atomic E-state index is 0.166. The second-order valence-corrected chi connectivity index (χ2v) is 4.66. The molecule has 1 aromatic rings. The Morgan fingerprint density at radius 3 is 2.37 bits per heavy atom. The topological polar surface area (TPSA) is 58.9 Å². The third-order valence-electron chi connectivity index (χ3n) is 3.25. The number of methoxy groups -OCH3 is 2. The zero-order chi connectivity index (χ0) is 14.1. The van der Waals surface area contributed by atoms with E-state index in [-0.39, 0.29) is 19.1 Å². The first-order valence-electron chi connectivity index (χ1n) is 6.67. The molecular weight excluding hydrogens is 244 g/mol. The molecule has 0 heterocycles. The molecule has 19 heavy (non-hydrogen) atoms. The van der Waals surface area contributed by atoms with Crippen LogP contribution in [0.25, 0.3) is 0 Å². The summed E-state index contributed by atoms with van der Waals surface area (Å²) in [4.78, 5) is 0. The maximum absolute atomic E-state index is 9.40. The van der Waals surface area contributed by atoms with Crippen LogP contribution >= 0.6 is 0 Å². The maximum atomic E-state index is 9.40. The molecule has 4 nitrogen and oxygen atoms in total. The zero-order valence-corrected chi connectivity index (χ0v) is 11.8. The van der Waals surface area contributed by atoms with Gasteiger partial charge in [-0.05, 0) is 42.9 Å². The van der Waals surface area contributed by atoms with Crippen LogP contribution in [0.2, 0.25) is 0 Å². The molecule has 108 valence electrons. The molecule has 0 aliphatic heterocycles. The number of ether oxygens (including phenoxy) is 2. The van der Waals surface area contributed by atoms with E-state index in [0.717, 1.165) is 31.2 Å². The predicted molar refractivity (Wildman–Crippen MR) is 74.8 cm³/mol. The van der Waals surface area contributed by atoms with Crippen molar-refractivity contribution in [3.05, 3.63) is 23.8 Å². The molecule has 0 amide bonds. The molecule has 0 radical (unpaired) electrons. The Labute approximate surface area is 115 Å². The first kappa shape index (κ1) is 15.8. The van der Waals surface area contributed by atoms with Gasteiger partial charge in [-0.2, -0.15) is 0 Å². The van der Waals surface area contributed by atoms with E-state index in [0.29, 0.717) is 11.5 Å². The van der Waals surface area contributed by atoms with Crippen molar-refractivity contribution in [2.75, 3.05) is 27.4 Å². The van der Waals surface area contributed by atoms with Gasteiger partial charge in [0.05, 0.1) is 14.2 Å². The lowest BCUT2D eigenvalue weighted by Crippen LogP contribution is -2.10. The number of hydrogen-bond donors (Lipinski definition) is 2. The number of aliphatic hydroxyl groups excluding tert-OH is 2. The summed E-state index contributed by atoms with van der Waals surface area (Å²) < 4.78 is 10.5. The number of unbranched alkanes of at least 4 members (excludes halogenated alkanes) is 1. The van der Waals surface area contributed by atoms with Crippen LogP contribution in [-0.4, -0.2) is 37.6 Å². The molecule has 1 rings (SSSR count). The van der Waals surface area contributed by atoms with Gasteiger partial charge in [0, 0.05) is 13.2 Å². The normalized spacial score (nSPS) is 12.2. The van der Waals surface area contributed by atoms with Gasteiger partial charge in [0.15, 0.2) is 11.5 Å². The SMILES string of the molecule is COc1ccc(C[C@@H](CO)CCCCO)cc1OC. The van der Waals surface area contributed by atoms with Crippen LogP contribution in [0.1, 0.15) is 24.8 Å². The van der Waals surface area contributed by atoms with Crippen LogP contribution < -0.4 is 9.47 Å². The second-order valence-electron chi connectivity index (χ2n) is 4.66. The van der Waals surface area contributed by atoms with E-state index in [2.05, 4.69) is 0 Å². The maximum Gasteiger partial charge on any atom is 0.160 e. The Kier molecular flexibility index (Phi) is 7.30. The highest BCUT2D eigenvalue weighted by atomic mass is 16.5. The molecule has 2 N–H and O–H groups in total. The summed E-state index contributed by atoms with van der Waals surface area (Å²) >= 11 is 0. The van der Waals surface area contributed by atoms with E-state index in [4.69, 9.17) is 14.6 Å². The number of rotatable bonds is 9. The number of benzene rings is 1. The van der Waals surface area contributed by atoms with Gasteiger partial charge >= 0.3 is 0 Å². The summed E-state index contributed by atoms with van der Waals surface area (Å²) in [5.74, 6) is 1.66. The highest BCUT2D eigenvalue weighted by Gasteiger charge is 2.11. The van der Waals surface area contributed by atoms with Crippen molar-refractivity contribution < 1.29 is 19.7 Å².